The Morgan fingerprint density at radius 2 is 1.96 bits per heavy atom. The smallest absolute Gasteiger partial charge is 0.226 e. The summed E-state index contributed by atoms with van der Waals surface area (Å²) < 4.78 is 18.5. The minimum Gasteiger partial charge on any atom is -0.444 e. The van der Waals surface area contributed by atoms with Crippen LogP contribution >= 0.6 is 11.3 Å². The summed E-state index contributed by atoms with van der Waals surface area (Å²) >= 11 is 1.68. The van der Waals surface area contributed by atoms with Gasteiger partial charge in [-0.2, -0.15) is 0 Å². The molecule has 0 aliphatic rings. The number of rotatable bonds is 7. The number of nitrogens with zero attached hydrogens (tertiary/aromatic N) is 3. The Hall–Kier alpha value is -2.74. The van der Waals surface area contributed by atoms with Crippen LogP contribution in [0.25, 0.3) is 11.5 Å². The van der Waals surface area contributed by atoms with Crippen molar-refractivity contribution >= 4 is 17.3 Å². The lowest BCUT2D eigenvalue weighted by Crippen LogP contribution is -2.38. The molecule has 0 bridgehead atoms. The van der Waals surface area contributed by atoms with E-state index < -0.39 is 0 Å². The first-order valence-electron chi connectivity index (χ1n) is 9.20. The molecule has 0 aliphatic carbocycles. The molecular weight excluding hydrogens is 377 g/mol. The number of halogens is 1. The fraction of sp³-hybridized carbons (Fsp3) is 0.350. The van der Waals surface area contributed by atoms with Crippen molar-refractivity contribution in [2.75, 3.05) is 13.1 Å². The van der Waals surface area contributed by atoms with Gasteiger partial charge < -0.3 is 15.1 Å². The van der Waals surface area contributed by atoms with Gasteiger partial charge in [0.05, 0.1) is 22.9 Å². The molecule has 0 amide bonds. The predicted molar refractivity (Wildman–Crippen MR) is 110 cm³/mol. The van der Waals surface area contributed by atoms with E-state index in [0.29, 0.717) is 25.4 Å². The number of hydrogen-bond acceptors (Lipinski definition) is 5. The zero-order valence-corrected chi connectivity index (χ0v) is 17.1. The summed E-state index contributed by atoms with van der Waals surface area (Å²) in [5.74, 6) is 0.973. The van der Waals surface area contributed by atoms with E-state index in [1.807, 2.05) is 20.8 Å². The minimum absolute atomic E-state index is 0.279. The van der Waals surface area contributed by atoms with Crippen LogP contribution < -0.4 is 10.6 Å². The van der Waals surface area contributed by atoms with Gasteiger partial charge in [0.2, 0.25) is 5.89 Å². The first-order valence-corrected chi connectivity index (χ1v) is 10.0. The lowest BCUT2D eigenvalue weighted by molar-refractivity contribution is 0.571. The molecule has 0 atom stereocenters. The molecule has 0 spiro atoms. The maximum Gasteiger partial charge on any atom is 0.226 e. The zero-order chi connectivity index (χ0) is 19.9. The van der Waals surface area contributed by atoms with Crippen LogP contribution in [0.5, 0.6) is 0 Å². The predicted octanol–water partition coefficient (Wildman–Crippen LogP) is 3.85. The molecule has 3 aromatic rings. The number of guanidine groups is 1. The van der Waals surface area contributed by atoms with Crippen LogP contribution in [0.15, 0.2) is 39.9 Å². The molecule has 6 nitrogen and oxygen atoms in total. The molecule has 2 aromatic heterocycles. The van der Waals surface area contributed by atoms with Crippen LogP contribution in [0.4, 0.5) is 4.39 Å². The summed E-state index contributed by atoms with van der Waals surface area (Å²) in [5, 5.41) is 7.62. The summed E-state index contributed by atoms with van der Waals surface area (Å²) in [7, 11) is 0. The molecule has 8 heteroatoms. The van der Waals surface area contributed by atoms with Crippen molar-refractivity contribution in [2.24, 2.45) is 4.99 Å². The quantitative estimate of drug-likeness (QED) is 0.465. The van der Waals surface area contributed by atoms with Crippen LogP contribution in [-0.4, -0.2) is 29.0 Å². The summed E-state index contributed by atoms with van der Waals surface area (Å²) in [6, 6.07) is 6.10. The number of oxazole rings is 1. The Morgan fingerprint density at radius 1 is 1.18 bits per heavy atom. The molecule has 148 valence electrons. The van der Waals surface area contributed by atoms with E-state index in [1.165, 1.54) is 17.0 Å². The highest BCUT2D eigenvalue weighted by Gasteiger charge is 2.08. The topological polar surface area (TPSA) is 75.3 Å². The van der Waals surface area contributed by atoms with Crippen LogP contribution in [-0.2, 0) is 13.0 Å². The third kappa shape index (κ3) is 5.39. The molecule has 3 rings (SSSR count). The number of aromatic nitrogens is 2. The molecule has 0 fully saturated rings. The van der Waals surface area contributed by atoms with Crippen LogP contribution in [0.1, 0.15) is 28.2 Å². The van der Waals surface area contributed by atoms with Crippen molar-refractivity contribution in [3.8, 4) is 11.5 Å². The average molecular weight is 402 g/mol. The van der Waals surface area contributed by atoms with E-state index >= 15 is 0 Å². The summed E-state index contributed by atoms with van der Waals surface area (Å²) in [6.45, 7) is 8.11. The van der Waals surface area contributed by atoms with Gasteiger partial charge in [-0.05, 0) is 45.0 Å². The van der Waals surface area contributed by atoms with E-state index in [1.54, 1.807) is 29.7 Å². The van der Waals surface area contributed by atoms with E-state index in [9.17, 15) is 4.39 Å². The number of benzene rings is 1. The van der Waals surface area contributed by atoms with Gasteiger partial charge in [-0.3, -0.25) is 0 Å². The molecule has 28 heavy (non-hydrogen) atoms. The fourth-order valence-corrected chi connectivity index (χ4v) is 3.53. The molecule has 0 unspecified atom stereocenters. The van der Waals surface area contributed by atoms with Crippen LogP contribution in [0, 0.1) is 19.7 Å². The second-order valence-corrected chi connectivity index (χ2v) is 7.55. The highest BCUT2D eigenvalue weighted by atomic mass is 32.1. The van der Waals surface area contributed by atoms with Gasteiger partial charge >= 0.3 is 0 Å². The lowest BCUT2D eigenvalue weighted by atomic mass is 10.2. The van der Waals surface area contributed by atoms with E-state index in [2.05, 4.69) is 25.6 Å². The fourth-order valence-electron chi connectivity index (χ4n) is 2.67. The van der Waals surface area contributed by atoms with Crippen LogP contribution in [0.3, 0.4) is 0 Å². The van der Waals surface area contributed by atoms with Gasteiger partial charge in [0, 0.05) is 30.0 Å². The Bertz CT molecular complexity index is 932. The Labute approximate surface area is 167 Å². The zero-order valence-electron chi connectivity index (χ0n) is 16.3. The molecule has 1 aromatic carbocycles. The number of hydrogen-bond donors (Lipinski definition) is 2. The molecular formula is C20H24FN5OS. The third-order valence-electron chi connectivity index (χ3n) is 4.04. The van der Waals surface area contributed by atoms with Crippen molar-refractivity contribution in [1.29, 1.82) is 0 Å². The van der Waals surface area contributed by atoms with E-state index in [-0.39, 0.29) is 5.82 Å². The minimum atomic E-state index is -0.279. The largest absolute Gasteiger partial charge is 0.444 e. The van der Waals surface area contributed by atoms with Crippen molar-refractivity contribution in [3.05, 3.63) is 57.6 Å². The van der Waals surface area contributed by atoms with Gasteiger partial charge in [0.1, 0.15) is 12.1 Å². The molecule has 0 radical (unpaired) electrons. The lowest BCUT2D eigenvalue weighted by Gasteiger charge is -2.10. The first-order chi connectivity index (χ1) is 13.5. The van der Waals surface area contributed by atoms with E-state index in [0.717, 1.165) is 34.5 Å². The normalized spacial score (nSPS) is 11.6. The van der Waals surface area contributed by atoms with E-state index in [4.69, 9.17) is 4.42 Å². The van der Waals surface area contributed by atoms with Gasteiger partial charge in [0.25, 0.3) is 0 Å². The Balaban J connectivity index is 1.55. The SMILES string of the molecule is CCNC(=NCc1sc(C)nc1C)NCCc1coc(-c2ccc(F)cc2)n1. The Morgan fingerprint density at radius 3 is 2.64 bits per heavy atom. The van der Waals surface area contributed by atoms with Gasteiger partial charge in [-0.1, -0.05) is 0 Å². The van der Waals surface area contributed by atoms with Gasteiger partial charge in [-0.15, -0.1) is 11.3 Å². The summed E-state index contributed by atoms with van der Waals surface area (Å²) in [6.07, 6.45) is 2.32. The third-order valence-corrected chi connectivity index (χ3v) is 5.10. The highest BCUT2D eigenvalue weighted by molar-refractivity contribution is 7.11. The monoisotopic (exact) mass is 401 g/mol. The van der Waals surface area contributed by atoms with Crippen LogP contribution in [0.2, 0.25) is 0 Å². The molecule has 0 saturated heterocycles. The number of aliphatic imine (C=N–C) groups is 1. The molecule has 2 heterocycles. The number of aryl methyl sites for hydroxylation is 2. The summed E-state index contributed by atoms with van der Waals surface area (Å²) in [5.41, 5.74) is 2.63. The van der Waals surface area contributed by atoms with Crippen molar-refractivity contribution in [1.82, 2.24) is 20.6 Å². The van der Waals surface area contributed by atoms with Gasteiger partial charge in [0.15, 0.2) is 5.96 Å². The first kappa shape index (κ1) is 20.0. The molecule has 2 N–H and O–H groups in total. The summed E-state index contributed by atoms with van der Waals surface area (Å²) in [4.78, 5) is 14.7. The average Bonchev–Trinajstić information content (AvgIpc) is 3.26. The maximum absolute atomic E-state index is 13.0. The molecule has 0 saturated carbocycles. The van der Waals surface area contributed by atoms with Gasteiger partial charge in [-0.25, -0.2) is 19.4 Å². The number of nitrogens with one attached hydrogen (secondary N) is 2. The standard InChI is InChI=1S/C20H24FN5OS/c1-4-22-20(24-11-18-13(2)25-14(3)28-18)23-10-9-17-12-27-19(26-17)15-5-7-16(21)8-6-15/h5-8,12H,4,9-11H2,1-3H3,(H2,22,23,24). The molecule has 0 aliphatic heterocycles. The second kappa shape index (κ2) is 9.45. The van der Waals surface area contributed by atoms with Crippen molar-refractivity contribution in [2.45, 2.75) is 33.7 Å². The second-order valence-electron chi connectivity index (χ2n) is 6.26. The van der Waals surface area contributed by atoms with Crippen molar-refractivity contribution < 1.29 is 8.81 Å². The maximum atomic E-state index is 13.0. The Kier molecular flexibility index (Phi) is 6.76. The van der Waals surface area contributed by atoms with Crippen molar-refractivity contribution in [3.63, 3.8) is 0 Å². The highest BCUT2D eigenvalue weighted by Crippen LogP contribution is 2.19. The number of thiazole rings is 1.